The molecule has 2 aromatic carbocycles. The smallest absolute Gasteiger partial charge is 0.138 e. The molecule has 30 heavy (non-hydrogen) atoms. The molecule has 2 N–H and O–H groups in total. The summed E-state index contributed by atoms with van der Waals surface area (Å²) in [5, 5.41) is 9.74. The van der Waals surface area contributed by atoms with Crippen LogP contribution in [0.3, 0.4) is 0 Å². The molecule has 1 aliphatic rings. The van der Waals surface area contributed by atoms with Gasteiger partial charge >= 0.3 is 0 Å². The molecule has 1 saturated heterocycles. The highest BCUT2D eigenvalue weighted by Gasteiger charge is 2.13. The number of aliphatic hydroxyl groups is 1. The molecule has 0 saturated carbocycles. The second-order valence-electron chi connectivity index (χ2n) is 7.30. The van der Waals surface area contributed by atoms with Crippen LogP contribution in [0.5, 0.6) is 0 Å². The standard InChI is InChI=1S/C23H21ClN4O2/c24-19-11-15(14-29)13-25-22(19)16-1-3-17(4-2-16)23-26-20-6-5-18(12-21(20)27-23)28-7-9-30-10-8-28/h1-6,11-13,29H,7-10,14H2,(H,26,27). The van der Waals surface area contributed by atoms with E-state index in [1.165, 1.54) is 5.69 Å². The maximum absolute atomic E-state index is 9.22. The summed E-state index contributed by atoms with van der Waals surface area (Å²) in [6, 6.07) is 16.0. The molecule has 0 bridgehead atoms. The molecule has 1 aliphatic heterocycles. The van der Waals surface area contributed by atoms with E-state index in [4.69, 9.17) is 21.3 Å². The quantitative estimate of drug-likeness (QED) is 0.515. The van der Waals surface area contributed by atoms with E-state index in [1.807, 2.05) is 24.3 Å². The SMILES string of the molecule is OCc1cnc(-c2ccc(-c3nc4ccc(N5CCOCC5)cc4[nH]3)cc2)c(Cl)c1. The fraction of sp³-hybridized carbons (Fsp3) is 0.217. The van der Waals surface area contributed by atoms with Gasteiger partial charge in [-0.15, -0.1) is 0 Å². The first-order valence-corrected chi connectivity index (χ1v) is 10.3. The van der Waals surface area contributed by atoms with E-state index >= 15 is 0 Å². The Bertz CT molecular complexity index is 1180. The first-order valence-electron chi connectivity index (χ1n) is 9.90. The number of aromatic nitrogens is 3. The van der Waals surface area contributed by atoms with Crippen LogP contribution in [0.1, 0.15) is 5.56 Å². The van der Waals surface area contributed by atoms with Gasteiger partial charge in [0.1, 0.15) is 5.82 Å². The van der Waals surface area contributed by atoms with E-state index < -0.39 is 0 Å². The van der Waals surface area contributed by atoms with Gasteiger partial charge in [0, 0.05) is 36.1 Å². The number of hydrogen-bond donors (Lipinski definition) is 2. The van der Waals surface area contributed by atoms with Crippen LogP contribution in [0, 0.1) is 0 Å². The predicted molar refractivity (Wildman–Crippen MR) is 119 cm³/mol. The number of halogens is 1. The third-order valence-corrected chi connectivity index (χ3v) is 5.64. The first-order chi connectivity index (χ1) is 14.7. The van der Waals surface area contributed by atoms with Crippen molar-refractivity contribution in [2.24, 2.45) is 0 Å². The molecule has 152 valence electrons. The largest absolute Gasteiger partial charge is 0.392 e. The number of fused-ring (bicyclic) bond motifs is 1. The number of nitrogens with zero attached hydrogens (tertiary/aromatic N) is 3. The number of aromatic amines is 1. The van der Waals surface area contributed by atoms with Crippen LogP contribution in [0.25, 0.3) is 33.7 Å². The predicted octanol–water partition coefficient (Wildman–Crippen LogP) is 4.27. The number of morpholine rings is 1. The second kappa shape index (κ2) is 8.07. The van der Waals surface area contributed by atoms with Crippen LogP contribution in [0.2, 0.25) is 5.02 Å². The van der Waals surface area contributed by atoms with Crippen molar-refractivity contribution in [2.75, 3.05) is 31.2 Å². The summed E-state index contributed by atoms with van der Waals surface area (Å²) in [6.45, 7) is 3.26. The van der Waals surface area contributed by atoms with Crippen LogP contribution in [-0.4, -0.2) is 46.4 Å². The average Bonchev–Trinajstić information content (AvgIpc) is 3.23. The van der Waals surface area contributed by atoms with E-state index in [0.29, 0.717) is 16.3 Å². The lowest BCUT2D eigenvalue weighted by Crippen LogP contribution is -2.36. The van der Waals surface area contributed by atoms with E-state index in [9.17, 15) is 5.11 Å². The maximum atomic E-state index is 9.22. The maximum Gasteiger partial charge on any atom is 0.138 e. The van der Waals surface area contributed by atoms with Crippen LogP contribution in [0.15, 0.2) is 54.7 Å². The van der Waals surface area contributed by atoms with Gasteiger partial charge in [-0.25, -0.2) is 4.98 Å². The summed E-state index contributed by atoms with van der Waals surface area (Å²) in [4.78, 5) is 14.9. The average molecular weight is 421 g/mol. The molecule has 3 heterocycles. The zero-order valence-corrected chi connectivity index (χ0v) is 17.1. The Morgan fingerprint density at radius 2 is 1.80 bits per heavy atom. The Morgan fingerprint density at radius 3 is 2.53 bits per heavy atom. The molecule has 7 heteroatoms. The van der Waals surface area contributed by atoms with Gasteiger partial charge in [-0.1, -0.05) is 35.9 Å². The van der Waals surface area contributed by atoms with Gasteiger partial charge in [0.05, 0.1) is 41.6 Å². The Labute approximate surface area is 179 Å². The van der Waals surface area contributed by atoms with Crippen molar-refractivity contribution in [3.8, 4) is 22.6 Å². The number of benzene rings is 2. The van der Waals surface area contributed by atoms with Gasteiger partial charge in [0.15, 0.2) is 0 Å². The molecule has 0 radical (unpaired) electrons. The highest BCUT2D eigenvalue weighted by Crippen LogP contribution is 2.29. The molecule has 1 fully saturated rings. The molecule has 4 aromatic rings. The van der Waals surface area contributed by atoms with Gasteiger partial charge < -0.3 is 19.7 Å². The summed E-state index contributed by atoms with van der Waals surface area (Å²) in [6.07, 6.45) is 1.64. The van der Waals surface area contributed by atoms with Crippen molar-refractivity contribution in [1.82, 2.24) is 15.0 Å². The van der Waals surface area contributed by atoms with Crippen LogP contribution in [-0.2, 0) is 11.3 Å². The van der Waals surface area contributed by atoms with Crippen molar-refractivity contribution in [1.29, 1.82) is 0 Å². The fourth-order valence-electron chi connectivity index (χ4n) is 3.71. The Morgan fingerprint density at radius 1 is 1.03 bits per heavy atom. The zero-order valence-electron chi connectivity index (χ0n) is 16.3. The van der Waals surface area contributed by atoms with Gasteiger partial charge in [-0.3, -0.25) is 4.98 Å². The van der Waals surface area contributed by atoms with E-state index in [1.54, 1.807) is 12.3 Å². The number of rotatable bonds is 4. The van der Waals surface area contributed by atoms with Crippen LogP contribution in [0.4, 0.5) is 5.69 Å². The number of nitrogens with one attached hydrogen (secondary N) is 1. The van der Waals surface area contributed by atoms with Crippen LogP contribution >= 0.6 is 11.6 Å². The molecule has 2 aromatic heterocycles. The van der Waals surface area contributed by atoms with Gasteiger partial charge in [0.2, 0.25) is 0 Å². The fourth-order valence-corrected chi connectivity index (χ4v) is 4.01. The molecule has 0 spiro atoms. The summed E-state index contributed by atoms with van der Waals surface area (Å²) >= 11 is 6.33. The Balaban J connectivity index is 1.42. The lowest BCUT2D eigenvalue weighted by atomic mass is 10.1. The Hall–Kier alpha value is -2.93. The molecule has 0 unspecified atom stereocenters. The topological polar surface area (TPSA) is 74.3 Å². The molecular weight excluding hydrogens is 400 g/mol. The zero-order chi connectivity index (χ0) is 20.5. The molecule has 6 nitrogen and oxygen atoms in total. The second-order valence-corrected chi connectivity index (χ2v) is 7.70. The monoisotopic (exact) mass is 420 g/mol. The third kappa shape index (κ3) is 3.65. The highest BCUT2D eigenvalue weighted by molar-refractivity contribution is 6.33. The number of imidazole rings is 1. The molecule has 5 rings (SSSR count). The summed E-state index contributed by atoms with van der Waals surface area (Å²) in [7, 11) is 0. The number of aliphatic hydroxyl groups excluding tert-OH is 1. The number of anilines is 1. The molecule has 0 atom stereocenters. The van der Waals surface area contributed by atoms with Gasteiger partial charge in [-0.05, 0) is 29.8 Å². The summed E-state index contributed by atoms with van der Waals surface area (Å²) in [5.41, 5.74) is 6.44. The minimum absolute atomic E-state index is 0.0781. The normalized spacial score (nSPS) is 14.4. The number of hydrogen-bond acceptors (Lipinski definition) is 5. The molecule has 0 amide bonds. The van der Waals surface area contributed by atoms with Crippen molar-refractivity contribution in [3.05, 3.63) is 65.3 Å². The van der Waals surface area contributed by atoms with Gasteiger partial charge in [0.25, 0.3) is 0 Å². The summed E-state index contributed by atoms with van der Waals surface area (Å²) in [5.74, 6) is 0.824. The lowest BCUT2D eigenvalue weighted by molar-refractivity contribution is 0.122. The van der Waals surface area contributed by atoms with Crippen molar-refractivity contribution >= 4 is 28.3 Å². The van der Waals surface area contributed by atoms with E-state index in [-0.39, 0.29) is 6.61 Å². The minimum atomic E-state index is -0.0781. The van der Waals surface area contributed by atoms with Crippen molar-refractivity contribution < 1.29 is 9.84 Å². The minimum Gasteiger partial charge on any atom is -0.392 e. The highest BCUT2D eigenvalue weighted by atomic mass is 35.5. The van der Waals surface area contributed by atoms with Crippen LogP contribution < -0.4 is 4.90 Å². The van der Waals surface area contributed by atoms with Crippen molar-refractivity contribution in [3.63, 3.8) is 0 Å². The number of H-pyrrole nitrogens is 1. The van der Waals surface area contributed by atoms with E-state index in [0.717, 1.165) is 54.3 Å². The molecular formula is C23H21ClN4O2. The number of ether oxygens (including phenoxy) is 1. The third-order valence-electron chi connectivity index (χ3n) is 5.35. The van der Waals surface area contributed by atoms with E-state index in [2.05, 4.69) is 33.1 Å². The number of pyridine rings is 1. The van der Waals surface area contributed by atoms with Gasteiger partial charge in [-0.2, -0.15) is 0 Å². The van der Waals surface area contributed by atoms with Crippen molar-refractivity contribution in [2.45, 2.75) is 6.61 Å². The first kappa shape index (κ1) is 19.1. The summed E-state index contributed by atoms with van der Waals surface area (Å²) < 4.78 is 5.45. The Kier molecular flexibility index (Phi) is 5.12. The lowest BCUT2D eigenvalue weighted by Gasteiger charge is -2.28. The molecule has 0 aliphatic carbocycles.